The summed E-state index contributed by atoms with van der Waals surface area (Å²) in [5.41, 5.74) is 4.44. The second-order valence-electron chi connectivity index (χ2n) is 6.47. The lowest BCUT2D eigenvalue weighted by Crippen LogP contribution is -2.58. The molecule has 1 heterocycles. The minimum Gasteiger partial charge on any atom is -0.490 e. The third-order valence-electron chi connectivity index (χ3n) is 3.86. The maximum Gasteiger partial charge on any atom is 0.236 e. The molecule has 138 valence electrons. The lowest BCUT2D eigenvalue weighted by molar-refractivity contribution is -0.162. The molecule has 1 aliphatic heterocycles. The van der Waals surface area contributed by atoms with E-state index in [0.717, 1.165) is 0 Å². The minimum atomic E-state index is -0.953. The third kappa shape index (κ3) is 5.88. The predicted molar refractivity (Wildman–Crippen MR) is 94.6 cm³/mol. The van der Waals surface area contributed by atoms with Crippen LogP contribution in [-0.4, -0.2) is 74.2 Å². The number of likely N-dealkylation sites (N-methyl/N-ethyl adjacent to an activating group) is 1. The summed E-state index contributed by atoms with van der Waals surface area (Å²) in [5, 5.41) is 0.605. The van der Waals surface area contributed by atoms with Gasteiger partial charge in [-0.3, -0.25) is 9.59 Å². The Hall–Kier alpha value is -1.83. The second kappa shape index (κ2) is 8.51. The Labute approximate surface area is 152 Å². The highest BCUT2D eigenvalue weighted by atomic mass is 35.5. The van der Waals surface area contributed by atoms with Crippen LogP contribution < -0.4 is 10.5 Å². The Balaban J connectivity index is 2.08. The number of carbonyl (C=O) groups excluding carboxylic acids is 2. The van der Waals surface area contributed by atoms with Crippen molar-refractivity contribution in [2.75, 3.05) is 46.9 Å². The van der Waals surface area contributed by atoms with Gasteiger partial charge in [-0.2, -0.15) is 0 Å². The molecule has 7 nitrogen and oxygen atoms in total. The molecule has 1 fully saturated rings. The first-order valence-electron chi connectivity index (χ1n) is 8.03. The number of rotatable bonds is 7. The average Bonchev–Trinajstić information content (AvgIpc) is 2.53. The van der Waals surface area contributed by atoms with Crippen molar-refractivity contribution in [1.29, 1.82) is 0 Å². The average molecular weight is 370 g/mol. The van der Waals surface area contributed by atoms with E-state index >= 15 is 0 Å². The molecule has 0 spiro atoms. The fourth-order valence-corrected chi connectivity index (χ4v) is 2.86. The van der Waals surface area contributed by atoms with Crippen LogP contribution in [-0.2, 0) is 14.3 Å². The Morgan fingerprint density at radius 1 is 1.36 bits per heavy atom. The molecule has 1 saturated heterocycles. The highest BCUT2D eigenvalue weighted by molar-refractivity contribution is 6.30. The number of nitrogens with zero attached hydrogens (tertiary/aromatic N) is 2. The van der Waals surface area contributed by atoms with Gasteiger partial charge in [0.1, 0.15) is 18.0 Å². The zero-order valence-electron chi connectivity index (χ0n) is 14.5. The molecule has 0 unspecified atom stereocenters. The highest BCUT2D eigenvalue weighted by Crippen LogP contribution is 2.25. The van der Waals surface area contributed by atoms with E-state index in [4.69, 9.17) is 26.8 Å². The van der Waals surface area contributed by atoms with Crippen molar-refractivity contribution in [3.8, 4) is 5.75 Å². The van der Waals surface area contributed by atoms with Crippen molar-refractivity contribution in [2.24, 2.45) is 5.73 Å². The molecule has 1 aliphatic rings. The van der Waals surface area contributed by atoms with Crippen LogP contribution in [0.5, 0.6) is 5.75 Å². The van der Waals surface area contributed by atoms with Crippen molar-refractivity contribution < 1.29 is 19.1 Å². The summed E-state index contributed by atoms with van der Waals surface area (Å²) in [6.07, 6.45) is -0.0215. The molecule has 0 radical (unpaired) electrons. The van der Waals surface area contributed by atoms with Gasteiger partial charge in [-0.1, -0.05) is 11.6 Å². The molecule has 8 heteroatoms. The largest absolute Gasteiger partial charge is 0.490 e. The van der Waals surface area contributed by atoms with E-state index in [1.807, 2.05) is 14.1 Å². The molecule has 0 bridgehead atoms. The van der Waals surface area contributed by atoms with Crippen molar-refractivity contribution >= 4 is 23.4 Å². The van der Waals surface area contributed by atoms with Crippen molar-refractivity contribution in [2.45, 2.75) is 12.0 Å². The van der Waals surface area contributed by atoms with Crippen LogP contribution in [0.15, 0.2) is 24.3 Å². The number of morpholine rings is 1. The topological polar surface area (TPSA) is 85.1 Å². The SMILES string of the molecule is CN(C)CC(=O)N1CCO[C@@](COc2ccc(Cl)cc2)(CC(N)=O)C1. The minimum absolute atomic E-state index is 0.0198. The Morgan fingerprint density at radius 3 is 2.64 bits per heavy atom. The molecule has 1 aromatic rings. The van der Waals surface area contributed by atoms with Crippen LogP contribution in [0.4, 0.5) is 0 Å². The molecule has 2 N–H and O–H groups in total. The maximum absolute atomic E-state index is 12.4. The van der Waals surface area contributed by atoms with Crippen LogP contribution in [0, 0.1) is 0 Å². The second-order valence-corrected chi connectivity index (χ2v) is 6.91. The van der Waals surface area contributed by atoms with Gasteiger partial charge >= 0.3 is 0 Å². The highest BCUT2D eigenvalue weighted by Gasteiger charge is 2.40. The standard InChI is InChI=1S/C17H24ClN3O4/c1-20(2)10-16(23)21-7-8-25-17(11-21,9-15(19)22)12-24-14-5-3-13(18)4-6-14/h3-6H,7-12H2,1-2H3,(H2,19,22)/t17-/m0/s1. The predicted octanol–water partition coefficient (Wildman–Crippen LogP) is 0.753. The summed E-state index contributed by atoms with van der Waals surface area (Å²) < 4.78 is 11.6. The quantitative estimate of drug-likeness (QED) is 0.766. The van der Waals surface area contributed by atoms with Gasteiger partial charge in [0.05, 0.1) is 26.1 Å². The molecular formula is C17H24ClN3O4. The normalized spacial score (nSPS) is 20.6. The Bertz CT molecular complexity index is 608. The van der Waals surface area contributed by atoms with Gasteiger partial charge in [0.25, 0.3) is 0 Å². The number of nitrogens with two attached hydrogens (primary N) is 1. The lowest BCUT2D eigenvalue weighted by Gasteiger charge is -2.42. The van der Waals surface area contributed by atoms with Gasteiger partial charge in [0, 0.05) is 11.6 Å². The summed E-state index contributed by atoms with van der Waals surface area (Å²) in [5.74, 6) is 0.0869. The fourth-order valence-electron chi connectivity index (χ4n) is 2.74. The van der Waals surface area contributed by atoms with Crippen LogP contribution in [0.2, 0.25) is 5.02 Å². The number of hydrogen-bond acceptors (Lipinski definition) is 5. The van der Waals surface area contributed by atoms with Crippen molar-refractivity contribution in [3.63, 3.8) is 0 Å². The molecule has 0 saturated carbocycles. The van der Waals surface area contributed by atoms with Gasteiger partial charge in [0.2, 0.25) is 11.8 Å². The number of hydrogen-bond donors (Lipinski definition) is 1. The molecular weight excluding hydrogens is 346 g/mol. The van der Waals surface area contributed by atoms with Crippen LogP contribution in [0.1, 0.15) is 6.42 Å². The van der Waals surface area contributed by atoms with Crippen molar-refractivity contribution in [1.82, 2.24) is 9.80 Å². The zero-order valence-corrected chi connectivity index (χ0v) is 15.3. The monoisotopic (exact) mass is 369 g/mol. The summed E-state index contributed by atoms with van der Waals surface area (Å²) in [7, 11) is 3.66. The first kappa shape index (κ1) is 19.5. The zero-order chi connectivity index (χ0) is 18.4. The maximum atomic E-state index is 12.4. The smallest absolute Gasteiger partial charge is 0.236 e. The van der Waals surface area contributed by atoms with E-state index in [1.165, 1.54) is 0 Å². The van der Waals surface area contributed by atoms with E-state index in [1.54, 1.807) is 34.1 Å². The van der Waals surface area contributed by atoms with Gasteiger partial charge in [-0.15, -0.1) is 0 Å². The molecule has 2 rings (SSSR count). The summed E-state index contributed by atoms with van der Waals surface area (Å²) in [6, 6.07) is 6.90. The number of carbonyl (C=O) groups is 2. The number of primary amides is 1. The number of halogens is 1. The van der Waals surface area contributed by atoms with Gasteiger partial charge in [0.15, 0.2) is 0 Å². The molecule has 1 atom stereocenters. The fraction of sp³-hybridized carbons (Fsp3) is 0.529. The van der Waals surface area contributed by atoms with E-state index in [2.05, 4.69) is 0 Å². The summed E-state index contributed by atoms with van der Waals surface area (Å²) in [4.78, 5) is 27.4. The van der Waals surface area contributed by atoms with Crippen LogP contribution in [0.3, 0.4) is 0 Å². The molecule has 0 aliphatic carbocycles. The van der Waals surface area contributed by atoms with Crippen LogP contribution in [0.25, 0.3) is 0 Å². The van der Waals surface area contributed by atoms with Crippen molar-refractivity contribution in [3.05, 3.63) is 29.3 Å². The Kier molecular flexibility index (Phi) is 6.64. The van der Waals surface area contributed by atoms with E-state index in [9.17, 15) is 9.59 Å². The van der Waals surface area contributed by atoms with E-state index in [0.29, 0.717) is 30.5 Å². The molecule has 25 heavy (non-hydrogen) atoms. The third-order valence-corrected chi connectivity index (χ3v) is 4.12. The number of ether oxygens (including phenoxy) is 2. The van der Waals surface area contributed by atoms with Crippen LogP contribution >= 0.6 is 11.6 Å². The summed E-state index contributed by atoms with van der Waals surface area (Å²) >= 11 is 5.86. The number of amides is 2. The number of benzene rings is 1. The van der Waals surface area contributed by atoms with Gasteiger partial charge < -0.3 is 25.0 Å². The Morgan fingerprint density at radius 2 is 2.04 bits per heavy atom. The summed E-state index contributed by atoms with van der Waals surface area (Å²) in [6.45, 7) is 1.48. The van der Waals surface area contributed by atoms with E-state index < -0.39 is 11.5 Å². The van der Waals surface area contributed by atoms with Gasteiger partial charge in [-0.25, -0.2) is 0 Å². The molecule has 2 amide bonds. The first-order valence-corrected chi connectivity index (χ1v) is 8.41. The first-order chi connectivity index (χ1) is 11.8. The van der Waals surface area contributed by atoms with E-state index in [-0.39, 0.29) is 25.5 Å². The molecule has 0 aromatic heterocycles. The van der Waals surface area contributed by atoms with Gasteiger partial charge in [-0.05, 0) is 38.4 Å². The molecule has 1 aromatic carbocycles. The lowest BCUT2D eigenvalue weighted by atomic mass is 9.97.